The molecule has 0 aliphatic heterocycles. The van der Waals surface area contributed by atoms with Crippen LogP contribution in [0.15, 0.2) is 18.2 Å². The highest BCUT2D eigenvalue weighted by Crippen LogP contribution is 2.21. The van der Waals surface area contributed by atoms with Gasteiger partial charge in [0.05, 0.1) is 25.0 Å². The third kappa shape index (κ3) is 3.90. The summed E-state index contributed by atoms with van der Waals surface area (Å²) in [5.41, 5.74) is 0.333. The molecule has 0 aliphatic rings. The lowest BCUT2D eigenvalue weighted by Crippen LogP contribution is -2.18. The molecule has 0 fully saturated rings. The summed E-state index contributed by atoms with van der Waals surface area (Å²) in [5.74, 6) is -0.630. The van der Waals surface area contributed by atoms with Crippen molar-refractivity contribution in [3.63, 3.8) is 0 Å². The van der Waals surface area contributed by atoms with E-state index in [-0.39, 0.29) is 24.5 Å². The molecule has 98 valence electrons. The minimum Gasteiger partial charge on any atom is -0.465 e. The molecule has 1 aromatic rings. The van der Waals surface area contributed by atoms with E-state index in [1.54, 1.807) is 0 Å². The van der Waals surface area contributed by atoms with Gasteiger partial charge in [0.15, 0.2) is 0 Å². The molecule has 0 bridgehead atoms. The lowest BCUT2D eigenvalue weighted by atomic mass is 10.2. The summed E-state index contributed by atoms with van der Waals surface area (Å²) in [6, 6.07) is 4.33. The van der Waals surface area contributed by atoms with Gasteiger partial charge in [0.25, 0.3) is 0 Å². The maximum absolute atomic E-state index is 11.5. The maximum atomic E-state index is 11.5. The number of nitrogens with one attached hydrogen (secondary N) is 1. The molecular weight excluding hydrogens is 262 g/mol. The highest BCUT2D eigenvalue weighted by Gasteiger charge is 2.15. The van der Waals surface area contributed by atoms with Crippen LogP contribution >= 0.6 is 11.6 Å². The Morgan fingerprint density at radius 3 is 2.78 bits per heavy atom. The zero-order valence-electron chi connectivity index (χ0n) is 9.60. The van der Waals surface area contributed by atoms with E-state index in [1.807, 2.05) is 0 Å². The number of ether oxygens (including phenoxy) is 2. The summed E-state index contributed by atoms with van der Waals surface area (Å²) in [5, 5.41) is 11.2. The summed E-state index contributed by atoms with van der Waals surface area (Å²) in [4.78, 5) is 22.8. The largest absolute Gasteiger partial charge is 0.465 e. The molecule has 2 N–H and O–H groups in total. The fraction of sp³-hybridized carbons (Fsp3) is 0.273. The smallest absolute Gasteiger partial charge is 0.411 e. The van der Waals surface area contributed by atoms with E-state index in [2.05, 4.69) is 14.8 Å². The molecule has 0 saturated carbocycles. The number of benzene rings is 1. The monoisotopic (exact) mass is 273 g/mol. The summed E-state index contributed by atoms with van der Waals surface area (Å²) in [7, 11) is 1.22. The quantitative estimate of drug-likeness (QED) is 0.815. The van der Waals surface area contributed by atoms with Gasteiger partial charge in [-0.25, -0.2) is 9.59 Å². The SMILES string of the molecule is COC(=O)c1cc(Cl)ccc1NC(=O)OCCO. The predicted molar refractivity (Wildman–Crippen MR) is 64.8 cm³/mol. The number of anilines is 1. The van der Waals surface area contributed by atoms with Crippen molar-refractivity contribution in [2.45, 2.75) is 0 Å². The average Bonchev–Trinajstić information content (AvgIpc) is 2.37. The number of rotatable bonds is 4. The Morgan fingerprint density at radius 2 is 2.17 bits per heavy atom. The summed E-state index contributed by atoms with van der Waals surface area (Å²) in [6.07, 6.45) is -0.781. The van der Waals surface area contributed by atoms with E-state index in [1.165, 1.54) is 25.3 Å². The molecule has 0 radical (unpaired) electrons. The van der Waals surface area contributed by atoms with E-state index in [9.17, 15) is 9.59 Å². The van der Waals surface area contributed by atoms with Crippen molar-refractivity contribution >= 4 is 29.4 Å². The number of carbonyl (C=O) groups excluding carboxylic acids is 2. The van der Waals surface area contributed by atoms with Gasteiger partial charge in [-0.05, 0) is 18.2 Å². The van der Waals surface area contributed by atoms with Crippen molar-refractivity contribution in [1.82, 2.24) is 0 Å². The van der Waals surface area contributed by atoms with Crippen LogP contribution < -0.4 is 5.32 Å². The second kappa shape index (κ2) is 6.83. The fourth-order valence-corrected chi connectivity index (χ4v) is 1.36. The molecule has 0 aromatic heterocycles. The number of halogens is 1. The molecule has 1 amide bonds. The number of esters is 1. The number of hydrogen-bond donors (Lipinski definition) is 2. The number of methoxy groups -OCH3 is 1. The van der Waals surface area contributed by atoms with Gasteiger partial charge in [-0.2, -0.15) is 0 Å². The molecular formula is C11H12ClNO5. The van der Waals surface area contributed by atoms with Crippen LogP contribution in [-0.2, 0) is 9.47 Å². The first-order chi connectivity index (χ1) is 8.58. The lowest BCUT2D eigenvalue weighted by molar-refractivity contribution is 0.0602. The predicted octanol–water partition coefficient (Wildman–Crippen LogP) is 1.67. The second-order valence-electron chi connectivity index (χ2n) is 3.17. The van der Waals surface area contributed by atoms with Crippen LogP contribution in [0.1, 0.15) is 10.4 Å². The van der Waals surface area contributed by atoms with Crippen LogP contribution in [0.2, 0.25) is 5.02 Å². The van der Waals surface area contributed by atoms with Crippen LogP contribution in [-0.4, -0.2) is 37.5 Å². The number of aliphatic hydroxyl groups excluding tert-OH is 1. The van der Waals surface area contributed by atoms with Gasteiger partial charge in [0.2, 0.25) is 0 Å². The van der Waals surface area contributed by atoms with Crippen molar-refractivity contribution < 1.29 is 24.2 Å². The molecule has 1 aromatic carbocycles. The molecule has 0 spiro atoms. The number of amides is 1. The van der Waals surface area contributed by atoms with Gasteiger partial charge in [-0.3, -0.25) is 5.32 Å². The Labute approximate surface area is 108 Å². The van der Waals surface area contributed by atoms with Crippen LogP contribution in [0.4, 0.5) is 10.5 Å². The zero-order chi connectivity index (χ0) is 13.5. The minimum atomic E-state index is -0.781. The van der Waals surface area contributed by atoms with Crippen molar-refractivity contribution in [3.05, 3.63) is 28.8 Å². The third-order valence-electron chi connectivity index (χ3n) is 1.95. The first-order valence-electron chi connectivity index (χ1n) is 5.01. The van der Waals surface area contributed by atoms with E-state index >= 15 is 0 Å². The Hall–Kier alpha value is -1.79. The van der Waals surface area contributed by atoms with Gasteiger partial charge < -0.3 is 14.6 Å². The van der Waals surface area contributed by atoms with Crippen molar-refractivity contribution in [2.75, 3.05) is 25.6 Å². The van der Waals surface area contributed by atoms with Crippen LogP contribution in [0, 0.1) is 0 Å². The first-order valence-corrected chi connectivity index (χ1v) is 5.38. The van der Waals surface area contributed by atoms with Gasteiger partial charge >= 0.3 is 12.1 Å². The minimum absolute atomic E-state index is 0.117. The highest BCUT2D eigenvalue weighted by molar-refractivity contribution is 6.31. The van der Waals surface area contributed by atoms with Crippen LogP contribution in [0.5, 0.6) is 0 Å². The fourth-order valence-electron chi connectivity index (χ4n) is 1.19. The van der Waals surface area contributed by atoms with E-state index < -0.39 is 12.1 Å². The van der Waals surface area contributed by atoms with Gasteiger partial charge in [-0.1, -0.05) is 11.6 Å². The van der Waals surface area contributed by atoms with Gasteiger partial charge in [-0.15, -0.1) is 0 Å². The Morgan fingerprint density at radius 1 is 1.44 bits per heavy atom. The molecule has 18 heavy (non-hydrogen) atoms. The van der Waals surface area contributed by atoms with Gasteiger partial charge in [0.1, 0.15) is 6.61 Å². The van der Waals surface area contributed by atoms with Crippen molar-refractivity contribution in [3.8, 4) is 0 Å². The number of aliphatic hydroxyl groups is 1. The van der Waals surface area contributed by atoms with Gasteiger partial charge in [0, 0.05) is 5.02 Å². The molecule has 6 nitrogen and oxygen atoms in total. The lowest BCUT2D eigenvalue weighted by Gasteiger charge is -2.10. The third-order valence-corrected chi connectivity index (χ3v) is 2.18. The average molecular weight is 274 g/mol. The Bertz CT molecular complexity index is 449. The Balaban J connectivity index is 2.87. The van der Waals surface area contributed by atoms with Crippen molar-refractivity contribution in [2.24, 2.45) is 0 Å². The zero-order valence-corrected chi connectivity index (χ0v) is 10.4. The number of hydrogen-bond acceptors (Lipinski definition) is 5. The summed E-state index contributed by atoms with van der Waals surface area (Å²) < 4.78 is 9.17. The molecule has 0 saturated heterocycles. The highest BCUT2D eigenvalue weighted by atomic mass is 35.5. The molecule has 1 rings (SSSR count). The molecule has 0 aliphatic carbocycles. The van der Waals surface area contributed by atoms with E-state index in [0.717, 1.165) is 0 Å². The molecule has 0 atom stereocenters. The second-order valence-corrected chi connectivity index (χ2v) is 3.60. The summed E-state index contributed by atoms with van der Waals surface area (Å²) >= 11 is 5.75. The topological polar surface area (TPSA) is 84.9 Å². The van der Waals surface area contributed by atoms with Crippen LogP contribution in [0.3, 0.4) is 0 Å². The summed E-state index contributed by atoms with van der Waals surface area (Å²) in [6.45, 7) is -0.412. The first kappa shape index (κ1) is 14.3. The standard InChI is InChI=1S/C11H12ClNO5/c1-17-10(15)8-6-7(12)2-3-9(8)13-11(16)18-5-4-14/h2-3,6,14H,4-5H2,1H3,(H,13,16). The van der Waals surface area contributed by atoms with Crippen molar-refractivity contribution in [1.29, 1.82) is 0 Å². The normalized spacial score (nSPS) is 9.72. The Kier molecular flexibility index (Phi) is 5.41. The number of carbonyl (C=O) groups is 2. The van der Waals surface area contributed by atoms with Crippen LogP contribution in [0.25, 0.3) is 0 Å². The van der Waals surface area contributed by atoms with E-state index in [0.29, 0.717) is 5.02 Å². The molecule has 7 heteroatoms. The maximum Gasteiger partial charge on any atom is 0.411 e. The van der Waals surface area contributed by atoms with E-state index in [4.69, 9.17) is 16.7 Å². The molecule has 0 heterocycles. The molecule has 0 unspecified atom stereocenters.